The predicted molar refractivity (Wildman–Crippen MR) is 103 cm³/mol. The molecule has 3 aliphatic carbocycles. The molecule has 4 rings (SSSR count). The lowest BCUT2D eigenvalue weighted by atomic mass is 9.56. The van der Waals surface area contributed by atoms with E-state index in [-0.39, 0.29) is 35.9 Å². The molecule has 156 valence electrons. The minimum Gasteiger partial charge on any atom is -0.507 e. The third kappa shape index (κ3) is 2.95. The van der Waals surface area contributed by atoms with E-state index in [1.54, 1.807) is 12.1 Å². The molecule has 7 heteroatoms. The summed E-state index contributed by atoms with van der Waals surface area (Å²) in [5.41, 5.74) is 0.974. The van der Waals surface area contributed by atoms with Crippen molar-refractivity contribution >= 4 is 34.7 Å². The van der Waals surface area contributed by atoms with E-state index in [0.717, 1.165) is 6.92 Å². The number of hydrogen-bond donors (Lipinski definition) is 1. The molecule has 1 aromatic carbocycles. The minimum atomic E-state index is -1.42. The van der Waals surface area contributed by atoms with Gasteiger partial charge in [0.2, 0.25) is 0 Å². The quantitative estimate of drug-likeness (QED) is 0.748. The van der Waals surface area contributed by atoms with Gasteiger partial charge >= 0.3 is 0 Å². The van der Waals surface area contributed by atoms with E-state index >= 15 is 0 Å². The van der Waals surface area contributed by atoms with Gasteiger partial charge in [-0.3, -0.25) is 28.8 Å². The highest BCUT2D eigenvalue weighted by atomic mass is 16.3. The number of ketones is 6. The molecule has 0 radical (unpaired) electrons. The lowest BCUT2D eigenvalue weighted by molar-refractivity contribution is -0.152. The number of benzene rings is 1. The van der Waals surface area contributed by atoms with Gasteiger partial charge in [-0.15, -0.1) is 0 Å². The Labute approximate surface area is 172 Å². The number of fused-ring (bicyclic) bond motifs is 3. The summed E-state index contributed by atoms with van der Waals surface area (Å²) in [7, 11) is 0. The van der Waals surface area contributed by atoms with Crippen LogP contribution in [0.2, 0.25) is 0 Å². The van der Waals surface area contributed by atoms with Gasteiger partial charge < -0.3 is 5.11 Å². The van der Waals surface area contributed by atoms with Gasteiger partial charge in [0.25, 0.3) is 0 Å². The van der Waals surface area contributed by atoms with E-state index in [2.05, 4.69) is 0 Å². The Hall–Kier alpha value is -2.96. The Balaban J connectivity index is 1.73. The second-order valence-corrected chi connectivity index (χ2v) is 8.78. The normalized spacial score (nSPS) is 30.4. The van der Waals surface area contributed by atoms with Crippen LogP contribution in [0.1, 0.15) is 48.2 Å². The van der Waals surface area contributed by atoms with Gasteiger partial charge in [-0.25, -0.2) is 0 Å². The molecule has 5 atom stereocenters. The second kappa shape index (κ2) is 7.07. The highest BCUT2D eigenvalue weighted by Crippen LogP contribution is 2.48. The minimum absolute atomic E-state index is 0.0144. The molecule has 30 heavy (non-hydrogen) atoms. The van der Waals surface area contributed by atoms with Gasteiger partial charge in [-0.2, -0.15) is 0 Å². The van der Waals surface area contributed by atoms with E-state index in [4.69, 9.17) is 0 Å². The van der Waals surface area contributed by atoms with Crippen LogP contribution in [0.15, 0.2) is 12.1 Å². The first-order valence-electron chi connectivity index (χ1n) is 10.1. The molecule has 0 bridgehead atoms. The summed E-state index contributed by atoms with van der Waals surface area (Å²) >= 11 is 0. The van der Waals surface area contributed by atoms with Gasteiger partial charge in [-0.05, 0) is 44.1 Å². The molecule has 2 saturated carbocycles. The van der Waals surface area contributed by atoms with Crippen LogP contribution in [0.25, 0.3) is 0 Å². The van der Waals surface area contributed by atoms with Crippen molar-refractivity contribution in [3.8, 4) is 5.75 Å². The lowest BCUT2D eigenvalue weighted by Crippen LogP contribution is -2.55. The first kappa shape index (κ1) is 20.3. The van der Waals surface area contributed by atoms with Crippen LogP contribution in [0, 0.1) is 29.6 Å². The lowest BCUT2D eigenvalue weighted by Gasteiger charge is -2.44. The van der Waals surface area contributed by atoms with Gasteiger partial charge in [0.1, 0.15) is 23.2 Å². The Morgan fingerprint density at radius 2 is 1.63 bits per heavy atom. The predicted octanol–water partition coefficient (Wildman–Crippen LogP) is 1.45. The zero-order valence-electron chi connectivity index (χ0n) is 16.8. The maximum absolute atomic E-state index is 13.3. The fourth-order valence-corrected chi connectivity index (χ4v) is 5.55. The summed E-state index contributed by atoms with van der Waals surface area (Å²) < 4.78 is 0. The van der Waals surface area contributed by atoms with Gasteiger partial charge in [0.15, 0.2) is 23.1 Å². The zero-order chi connectivity index (χ0) is 21.9. The molecule has 0 saturated heterocycles. The average Bonchev–Trinajstić information content (AvgIpc) is 2.62. The number of aromatic hydroxyl groups is 1. The average molecular weight is 410 g/mol. The van der Waals surface area contributed by atoms with Crippen molar-refractivity contribution in [2.75, 3.05) is 0 Å². The van der Waals surface area contributed by atoms with Crippen LogP contribution in [-0.4, -0.2) is 39.8 Å². The van der Waals surface area contributed by atoms with Crippen molar-refractivity contribution in [3.05, 3.63) is 28.8 Å². The summed E-state index contributed by atoms with van der Waals surface area (Å²) in [6, 6.07) is 3.31. The fourth-order valence-electron chi connectivity index (χ4n) is 5.55. The largest absolute Gasteiger partial charge is 0.507 e. The van der Waals surface area contributed by atoms with Crippen molar-refractivity contribution < 1.29 is 33.9 Å². The molecule has 0 aromatic heterocycles. The van der Waals surface area contributed by atoms with Crippen LogP contribution in [0.3, 0.4) is 0 Å². The molecule has 0 heterocycles. The summed E-state index contributed by atoms with van der Waals surface area (Å²) in [5, 5.41) is 10.6. The molecule has 5 unspecified atom stereocenters. The molecule has 2 fully saturated rings. The third-order valence-electron chi connectivity index (χ3n) is 6.74. The van der Waals surface area contributed by atoms with Crippen LogP contribution >= 0.6 is 0 Å². The first-order valence-corrected chi connectivity index (χ1v) is 10.1. The maximum Gasteiger partial charge on any atom is 0.177 e. The van der Waals surface area contributed by atoms with E-state index in [1.807, 2.05) is 0 Å². The van der Waals surface area contributed by atoms with Crippen molar-refractivity contribution in [2.24, 2.45) is 29.6 Å². The zero-order valence-corrected chi connectivity index (χ0v) is 16.8. The molecule has 1 N–H and O–H groups in total. The van der Waals surface area contributed by atoms with E-state index in [1.165, 1.54) is 6.92 Å². The van der Waals surface area contributed by atoms with Crippen molar-refractivity contribution in [1.29, 1.82) is 0 Å². The number of rotatable bonds is 3. The summed E-state index contributed by atoms with van der Waals surface area (Å²) in [4.78, 5) is 75.0. The van der Waals surface area contributed by atoms with Crippen LogP contribution in [0.4, 0.5) is 0 Å². The highest BCUT2D eigenvalue weighted by Gasteiger charge is 2.57. The topological polar surface area (TPSA) is 123 Å². The molecule has 7 nitrogen and oxygen atoms in total. The van der Waals surface area contributed by atoms with Crippen LogP contribution in [-0.2, 0) is 36.8 Å². The van der Waals surface area contributed by atoms with Gasteiger partial charge in [0.05, 0.1) is 17.4 Å². The first-order chi connectivity index (χ1) is 14.1. The summed E-state index contributed by atoms with van der Waals surface area (Å²) in [6.45, 7) is 2.54. The van der Waals surface area contributed by atoms with Crippen molar-refractivity contribution in [2.45, 2.75) is 39.5 Å². The SMILES string of the molecule is CC(=O)Cc1ccc2c(c1O)C(=O)C1C(=O)C3C(=O)C(C(C)=O)C(=O)CC3CC1C2. The molecular weight excluding hydrogens is 388 g/mol. The number of carbonyl (C=O) groups is 6. The summed E-state index contributed by atoms with van der Waals surface area (Å²) in [5.74, 6) is -7.76. The standard InChI is InChI=1S/C23H22O7/c1-9(24)5-12-4-3-11-6-13-7-14-8-15(26)16(10(2)25)21(28)19(14)23(30)18(13)22(29)17(11)20(12)27/h3-4,13-14,16,18-19,27H,5-8H2,1-2H3. The van der Waals surface area contributed by atoms with Crippen molar-refractivity contribution in [3.63, 3.8) is 0 Å². The third-order valence-corrected chi connectivity index (χ3v) is 6.74. The molecule has 0 aliphatic heterocycles. The Bertz CT molecular complexity index is 1030. The number of hydrogen-bond acceptors (Lipinski definition) is 7. The van der Waals surface area contributed by atoms with E-state index in [0.29, 0.717) is 24.0 Å². The number of phenolic OH excluding ortho intramolecular Hbond substituents is 1. The Kier molecular flexibility index (Phi) is 4.79. The number of Topliss-reactive ketones (excluding diaryl/α,β-unsaturated/α-hetero) is 6. The highest BCUT2D eigenvalue weighted by molar-refractivity contribution is 6.27. The van der Waals surface area contributed by atoms with Gasteiger partial charge in [-0.1, -0.05) is 12.1 Å². The molecule has 3 aliphatic rings. The monoisotopic (exact) mass is 410 g/mol. The van der Waals surface area contributed by atoms with Gasteiger partial charge in [0, 0.05) is 18.4 Å². The van der Waals surface area contributed by atoms with E-state index in [9.17, 15) is 33.9 Å². The molecule has 0 spiro atoms. The molecular formula is C23H22O7. The smallest absolute Gasteiger partial charge is 0.177 e. The number of carbonyl (C=O) groups excluding carboxylic acids is 6. The Morgan fingerprint density at radius 1 is 0.967 bits per heavy atom. The summed E-state index contributed by atoms with van der Waals surface area (Å²) in [6.07, 6.45) is 0.691. The van der Waals surface area contributed by atoms with Crippen LogP contribution < -0.4 is 0 Å². The fraction of sp³-hybridized carbons (Fsp3) is 0.478. The number of phenols is 1. The Morgan fingerprint density at radius 3 is 2.27 bits per heavy atom. The van der Waals surface area contributed by atoms with Crippen molar-refractivity contribution in [1.82, 2.24) is 0 Å². The van der Waals surface area contributed by atoms with E-state index < -0.39 is 52.6 Å². The molecule has 0 amide bonds. The molecule has 1 aromatic rings. The maximum atomic E-state index is 13.3. The second-order valence-electron chi connectivity index (χ2n) is 8.78. The van der Waals surface area contributed by atoms with Crippen LogP contribution in [0.5, 0.6) is 5.75 Å².